The normalized spacial score (nSPS) is 31.0. The van der Waals surface area contributed by atoms with Gasteiger partial charge < -0.3 is 10.0 Å². The van der Waals surface area contributed by atoms with Crippen LogP contribution in [0.5, 0.6) is 0 Å². The lowest BCUT2D eigenvalue weighted by atomic mass is 9.67. The Morgan fingerprint density at radius 2 is 1.81 bits per heavy atom. The van der Waals surface area contributed by atoms with E-state index in [4.69, 9.17) is 0 Å². The van der Waals surface area contributed by atoms with E-state index >= 15 is 0 Å². The fraction of sp³-hybridized carbons (Fsp3) is 0.444. The minimum absolute atomic E-state index is 0.307. The second kappa shape index (κ2) is 5.24. The SMILES string of the molecule is O[C@](c1ccccc1)(c1cccs1)[C@H]1CN2CCC1CC2. The van der Waals surface area contributed by atoms with Crippen molar-refractivity contribution < 1.29 is 5.11 Å². The highest BCUT2D eigenvalue weighted by molar-refractivity contribution is 7.10. The van der Waals surface area contributed by atoms with Gasteiger partial charge >= 0.3 is 0 Å². The lowest BCUT2D eigenvalue weighted by Crippen LogP contribution is -2.55. The molecule has 0 amide bonds. The third-order valence-electron chi connectivity index (χ3n) is 5.30. The van der Waals surface area contributed by atoms with E-state index in [2.05, 4.69) is 34.5 Å². The number of hydrogen-bond donors (Lipinski definition) is 1. The summed E-state index contributed by atoms with van der Waals surface area (Å²) in [6.45, 7) is 3.43. The summed E-state index contributed by atoms with van der Waals surface area (Å²) in [4.78, 5) is 3.61. The molecule has 2 bridgehead atoms. The first-order valence-electron chi connectivity index (χ1n) is 7.82. The van der Waals surface area contributed by atoms with E-state index in [1.165, 1.54) is 25.9 Å². The van der Waals surface area contributed by atoms with Gasteiger partial charge in [0.05, 0.1) is 0 Å². The van der Waals surface area contributed by atoms with E-state index < -0.39 is 5.60 Å². The highest BCUT2D eigenvalue weighted by atomic mass is 32.1. The molecule has 110 valence electrons. The van der Waals surface area contributed by atoms with Crippen LogP contribution >= 0.6 is 11.3 Å². The van der Waals surface area contributed by atoms with E-state index in [0.717, 1.165) is 17.0 Å². The van der Waals surface area contributed by atoms with Crippen molar-refractivity contribution in [2.24, 2.45) is 11.8 Å². The van der Waals surface area contributed by atoms with Gasteiger partial charge in [0, 0.05) is 17.3 Å². The average molecular weight is 299 g/mol. The van der Waals surface area contributed by atoms with Gasteiger partial charge in [-0.3, -0.25) is 0 Å². The molecule has 2 atom stereocenters. The molecule has 5 rings (SSSR count). The molecule has 0 unspecified atom stereocenters. The summed E-state index contributed by atoms with van der Waals surface area (Å²) in [7, 11) is 0. The molecule has 3 heteroatoms. The van der Waals surface area contributed by atoms with Crippen LogP contribution in [0.3, 0.4) is 0 Å². The molecule has 3 aliphatic rings. The summed E-state index contributed by atoms with van der Waals surface area (Å²) < 4.78 is 0. The molecule has 2 nitrogen and oxygen atoms in total. The van der Waals surface area contributed by atoms with Gasteiger partial charge in [0.15, 0.2) is 0 Å². The van der Waals surface area contributed by atoms with Crippen LogP contribution in [0.4, 0.5) is 0 Å². The predicted octanol–water partition coefficient (Wildman–Crippen LogP) is 3.33. The Morgan fingerprint density at radius 1 is 1.05 bits per heavy atom. The smallest absolute Gasteiger partial charge is 0.128 e. The first-order chi connectivity index (χ1) is 10.3. The van der Waals surface area contributed by atoms with Gasteiger partial charge in [-0.1, -0.05) is 36.4 Å². The van der Waals surface area contributed by atoms with Gasteiger partial charge in [0.1, 0.15) is 5.60 Å². The van der Waals surface area contributed by atoms with E-state index in [0.29, 0.717) is 11.8 Å². The Labute approximate surface area is 130 Å². The molecule has 0 saturated carbocycles. The van der Waals surface area contributed by atoms with Gasteiger partial charge in [-0.15, -0.1) is 11.3 Å². The van der Waals surface area contributed by atoms with Gasteiger partial charge in [-0.05, 0) is 48.9 Å². The maximum atomic E-state index is 11.8. The molecule has 4 heterocycles. The molecule has 21 heavy (non-hydrogen) atoms. The van der Waals surface area contributed by atoms with E-state index in [-0.39, 0.29) is 0 Å². The van der Waals surface area contributed by atoms with Gasteiger partial charge in [0.25, 0.3) is 0 Å². The van der Waals surface area contributed by atoms with E-state index in [1.807, 2.05) is 18.2 Å². The highest BCUT2D eigenvalue weighted by Crippen LogP contribution is 2.47. The summed E-state index contributed by atoms with van der Waals surface area (Å²) in [6.07, 6.45) is 2.45. The van der Waals surface area contributed by atoms with Crippen LogP contribution in [0, 0.1) is 11.8 Å². The average Bonchev–Trinajstić information content (AvgIpc) is 3.11. The largest absolute Gasteiger partial charge is 0.379 e. The van der Waals surface area contributed by atoms with E-state index in [9.17, 15) is 5.11 Å². The first-order valence-corrected chi connectivity index (χ1v) is 8.70. The fourth-order valence-electron chi connectivity index (χ4n) is 4.17. The first kappa shape index (κ1) is 13.5. The van der Waals surface area contributed by atoms with Gasteiger partial charge in [-0.2, -0.15) is 0 Å². The van der Waals surface area contributed by atoms with Crippen molar-refractivity contribution in [3.63, 3.8) is 0 Å². The second-order valence-electron chi connectivity index (χ2n) is 6.35. The fourth-order valence-corrected chi connectivity index (χ4v) is 5.07. The summed E-state index contributed by atoms with van der Waals surface area (Å²) in [5.74, 6) is 0.948. The molecular weight excluding hydrogens is 278 g/mol. The van der Waals surface area contributed by atoms with Crippen LogP contribution < -0.4 is 0 Å². The quantitative estimate of drug-likeness (QED) is 0.940. The number of hydrogen-bond acceptors (Lipinski definition) is 3. The number of nitrogens with zero attached hydrogens (tertiary/aromatic N) is 1. The molecule has 1 N–H and O–H groups in total. The number of fused-ring (bicyclic) bond motifs is 3. The molecule has 1 aromatic heterocycles. The predicted molar refractivity (Wildman–Crippen MR) is 86.4 cm³/mol. The molecule has 3 fully saturated rings. The van der Waals surface area contributed by atoms with Crippen LogP contribution in [-0.4, -0.2) is 29.6 Å². The van der Waals surface area contributed by atoms with Crippen molar-refractivity contribution in [2.45, 2.75) is 18.4 Å². The Morgan fingerprint density at radius 3 is 2.38 bits per heavy atom. The molecule has 0 radical (unpaired) electrons. The lowest BCUT2D eigenvalue weighted by molar-refractivity contribution is -0.0744. The molecule has 1 aromatic carbocycles. The summed E-state index contributed by atoms with van der Waals surface area (Å²) in [5.41, 5.74) is 0.213. The Bertz CT molecular complexity index is 589. The molecule has 2 aromatic rings. The Hall–Kier alpha value is -1.16. The van der Waals surface area contributed by atoms with Crippen LogP contribution in [0.15, 0.2) is 47.8 Å². The van der Waals surface area contributed by atoms with Crippen molar-refractivity contribution in [3.05, 3.63) is 58.3 Å². The molecular formula is C18H21NOS. The number of thiophene rings is 1. The van der Waals surface area contributed by atoms with Gasteiger partial charge in [-0.25, -0.2) is 0 Å². The van der Waals surface area contributed by atoms with Crippen LogP contribution in [-0.2, 0) is 5.60 Å². The number of aliphatic hydroxyl groups is 1. The molecule has 0 aliphatic carbocycles. The number of benzene rings is 1. The topological polar surface area (TPSA) is 23.5 Å². The maximum absolute atomic E-state index is 11.8. The van der Waals surface area contributed by atoms with Crippen molar-refractivity contribution in [2.75, 3.05) is 19.6 Å². The third kappa shape index (κ3) is 2.15. The Kier molecular flexibility index (Phi) is 3.37. The van der Waals surface area contributed by atoms with E-state index in [1.54, 1.807) is 11.3 Å². The van der Waals surface area contributed by atoms with Crippen LogP contribution in [0.25, 0.3) is 0 Å². The molecule has 0 spiro atoms. The van der Waals surface area contributed by atoms with Crippen molar-refractivity contribution in [1.29, 1.82) is 0 Å². The van der Waals surface area contributed by atoms with Crippen LogP contribution in [0.1, 0.15) is 23.3 Å². The lowest BCUT2D eigenvalue weighted by Gasteiger charge is -2.51. The van der Waals surface area contributed by atoms with Crippen molar-refractivity contribution in [3.8, 4) is 0 Å². The third-order valence-corrected chi connectivity index (χ3v) is 6.30. The van der Waals surface area contributed by atoms with Crippen molar-refractivity contribution in [1.82, 2.24) is 4.90 Å². The minimum atomic E-state index is -0.834. The number of rotatable bonds is 3. The zero-order valence-corrected chi connectivity index (χ0v) is 12.9. The Balaban J connectivity index is 1.81. The van der Waals surface area contributed by atoms with Crippen molar-refractivity contribution >= 4 is 11.3 Å². The standard InChI is InChI=1S/C18H21NOS/c20-18(17-7-4-12-21-17,15-5-2-1-3-6-15)16-13-19-10-8-14(16)9-11-19/h1-7,12,14,16,20H,8-11,13H2/t16-,18-/m0/s1. The molecule has 3 aliphatic heterocycles. The van der Waals surface area contributed by atoms with Gasteiger partial charge in [0.2, 0.25) is 0 Å². The minimum Gasteiger partial charge on any atom is -0.379 e. The molecule has 3 saturated heterocycles. The summed E-state index contributed by atoms with van der Waals surface area (Å²) >= 11 is 1.68. The second-order valence-corrected chi connectivity index (χ2v) is 7.30. The zero-order chi connectivity index (χ0) is 14.3. The maximum Gasteiger partial charge on any atom is 0.128 e. The number of piperidine rings is 3. The monoisotopic (exact) mass is 299 g/mol. The summed E-state index contributed by atoms with van der Waals surface area (Å²) in [5, 5.41) is 13.8. The zero-order valence-electron chi connectivity index (χ0n) is 12.1. The highest BCUT2D eigenvalue weighted by Gasteiger charge is 2.49. The van der Waals surface area contributed by atoms with Crippen LogP contribution in [0.2, 0.25) is 0 Å². The summed E-state index contributed by atoms with van der Waals surface area (Å²) in [6, 6.07) is 14.4.